The maximum atomic E-state index is 13.4. The number of hydrogen-bond acceptors (Lipinski definition) is 1. The summed E-state index contributed by atoms with van der Waals surface area (Å²) >= 11 is 0. The van der Waals surface area contributed by atoms with Crippen molar-refractivity contribution in [1.82, 2.24) is 5.32 Å². The molecule has 0 heterocycles. The van der Waals surface area contributed by atoms with E-state index in [1.54, 1.807) is 0 Å². The summed E-state index contributed by atoms with van der Waals surface area (Å²) < 4.78 is 26.9. The minimum atomic E-state index is -0.460. The largest absolute Gasteiger partial charge is 0.310 e. The topological polar surface area (TPSA) is 12.0 Å². The lowest BCUT2D eigenvalue weighted by Gasteiger charge is -2.34. The summed E-state index contributed by atoms with van der Waals surface area (Å²) in [6.45, 7) is 4.84. The minimum Gasteiger partial charge on any atom is -0.310 e. The third kappa shape index (κ3) is 3.29. The van der Waals surface area contributed by atoms with Gasteiger partial charge in [-0.2, -0.15) is 0 Å². The van der Waals surface area contributed by atoms with Crippen molar-refractivity contribution in [2.24, 2.45) is 5.41 Å². The van der Waals surface area contributed by atoms with E-state index in [-0.39, 0.29) is 12.1 Å². The number of hydrogen-bond donors (Lipinski definition) is 1. The van der Waals surface area contributed by atoms with Crippen LogP contribution in [0.3, 0.4) is 0 Å². The maximum absolute atomic E-state index is 13.4. The van der Waals surface area contributed by atoms with Gasteiger partial charge in [0.25, 0.3) is 0 Å². The Morgan fingerprint density at radius 2 is 1.72 bits per heavy atom. The van der Waals surface area contributed by atoms with Crippen LogP contribution in [-0.2, 0) is 6.54 Å². The minimum absolute atomic E-state index is 0.155. The lowest BCUT2D eigenvalue weighted by molar-refractivity contribution is 0.205. The molecule has 0 unspecified atom stereocenters. The molecule has 3 heteroatoms. The van der Waals surface area contributed by atoms with Crippen LogP contribution in [0.5, 0.6) is 0 Å². The highest BCUT2D eigenvalue weighted by Gasteiger charge is 2.26. The van der Waals surface area contributed by atoms with Gasteiger partial charge in [0.2, 0.25) is 0 Å². The fourth-order valence-corrected chi connectivity index (χ4v) is 2.55. The Morgan fingerprint density at radius 3 is 2.28 bits per heavy atom. The summed E-state index contributed by atoms with van der Waals surface area (Å²) in [4.78, 5) is 0. The lowest BCUT2D eigenvalue weighted by Crippen LogP contribution is -2.35. The number of benzene rings is 1. The van der Waals surface area contributed by atoms with Gasteiger partial charge >= 0.3 is 0 Å². The smallest absolute Gasteiger partial charge is 0.130 e. The van der Waals surface area contributed by atoms with Gasteiger partial charge in [-0.1, -0.05) is 19.9 Å². The fraction of sp³-hybridized carbons (Fsp3) is 0.600. The summed E-state index contributed by atoms with van der Waals surface area (Å²) in [6.07, 6.45) is 4.51. The van der Waals surface area contributed by atoms with Crippen LogP contribution in [0.15, 0.2) is 18.2 Å². The molecule has 0 aliphatic heterocycles. The molecular weight excluding hydrogens is 232 g/mol. The molecule has 1 aliphatic carbocycles. The predicted molar refractivity (Wildman–Crippen MR) is 69.2 cm³/mol. The van der Waals surface area contributed by atoms with E-state index < -0.39 is 11.6 Å². The van der Waals surface area contributed by atoms with Gasteiger partial charge in [0.05, 0.1) is 0 Å². The molecule has 1 nitrogen and oxygen atoms in total. The van der Waals surface area contributed by atoms with Gasteiger partial charge in [-0.25, -0.2) is 8.78 Å². The van der Waals surface area contributed by atoms with E-state index in [4.69, 9.17) is 0 Å². The fourth-order valence-electron chi connectivity index (χ4n) is 2.55. The molecule has 1 N–H and O–H groups in total. The molecule has 100 valence electrons. The molecule has 0 radical (unpaired) electrons. The molecule has 0 saturated heterocycles. The first-order valence-corrected chi connectivity index (χ1v) is 6.64. The third-order valence-corrected chi connectivity index (χ3v) is 3.97. The molecule has 1 aromatic carbocycles. The van der Waals surface area contributed by atoms with Crippen molar-refractivity contribution < 1.29 is 8.78 Å². The average Bonchev–Trinajstić information content (AvgIpc) is 2.30. The number of rotatable bonds is 3. The molecule has 1 aromatic rings. The summed E-state index contributed by atoms with van der Waals surface area (Å²) in [5.74, 6) is -0.919. The zero-order valence-corrected chi connectivity index (χ0v) is 11.1. The average molecular weight is 253 g/mol. The molecule has 1 saturated carbocycles. The van der Waals surface area contributed by atoms with Crippen LogP contribution in [0.4, 0.5) is 8.78 Å². The molecule has 0 amide bonds. The van der Waals surface area contributed by atoms with E-state index in [9.17, 15) is 8.78 Å². The first-order valence-electron chi connectivity index (χ1n) is 6.64. The van der Waals surface area contributed by atoms with E-state index in [1.807, 2.05) is 0 Å². The van der Waals surface area contributed by atoms with Gasteiger partial charge in [-0.15, -0.1) is 0 Å². The van der Waals surface area contributed by atoms with E-state index in [0.717, 1.165) is 12.8 Å². The van der Waals surface area contributed by atoms with Crippen molar-refractivity contribution in [2.75, 3.05) is 0 Å². The van der Waals surface area contributed by atoms with Crippen LogP contribution < -0.4 is 5.32 Å². The highest BCUT2D eigenvalue weighted by atomic mass is 19.1. The van der Waals surface area contributed by atoms with Crippen molar-refractivity contribution in [3.8, 4) is 0 Å². The Kier molecular flexibility index (Phi) is 4.00. The molecule has 1 fully saturated rings. The van der Waals surface area contributed by atoms with Crippen molar-refractivity contribution in [1.29, 1.82) is 0 Å². The summed E-state index contributed by atoms with van der Waals surface area (Å²) in [6, 6.07) is 4.41. The molecule has 0 aromatic heterocycles. The van der Waals surface area contributed by atoms with Crippen molar-refractivity contribution in [3.63, 3.8) is 0 Å². The van der Waals surface area contributed by atoms with Crippen LogP contribution in [0, 0.1) is 17.0 Å². The standard InChI is InChI=1S/C15H21F2N/c1-15(2)8-6-11(7-9-15)18-10-12-13(16)4-3-5-14(12)17/h3-5,11,18H,6-10H2,1-2H3. The Labute approximate surface area is 108 Å². The first-order chi connectivity index (χ1) is 8.48. The summed E-state index contributed by atoms with van der Waals surface area (Å²) in [5.41, 5.74) is 0.573. The molecule has 2 rings (SSSR count). The highest BCUT2D eigenvalue weighted by molar-refractivity contribution is 5.19. The van der Waals surface area contributed by atoms with Gasteiger partial charge < -0.3 is 5.32 Å². The van der Waals surface area contributed by atoms with Crippen molar-refractivity contribution >= 4 is 0 Å². The zero-order chi connectivity index (χ0) is 13.2. The molecule has 0 bridgehead atoms. The van der Waals surface area contributed by atoms with Crippen LogP contribution in [0.25, 0.3) is 0 Å². The first kappa shape index (κ1) is 13.5. The predicted octanol–water partition coefficient (Wildman–Crippen LogP) is 4.02. The Balaban J connectivity index is 1.89. The van der Waals surface area contributed by atoms with Crippen LogP contribution in [0.2, 0.25) is 0 Å². The molecule has 18 heavy (non-hydrogen) atoms. The molecule has 0 atom stereocenters. The van der Waals surface area contributed by atoms with Gasteiger partial charge in [0.15, 0.2) is 0 Å². The molecular formula is C15H21F2N. The third-order valence-electron chi connectivity index (χ3n) is 3.97. The van der Waals surface area contributed by atoms with E-state index in [2.05, 4.69) is 19.2 Å². The zero-order valence-electron chi connectivity index (χ0n) is 11.1. The summed E-state index contributed by atoms with van der Waals surface area (Å²) in [7, 11) is 0. The van der Waals surface area contributed by atoms with E-state index >= 15 is 0 Å². The molecule has 1 aliphatic rings. The summed E-state index contributed by atoms with van der Waals surface area (Å²) in [5, 5.41) is 3.28. The van der Waals surface area contributed by atoms with Crippen LogP contribution in [0.1, 0.15) is 45.1 Å². The highest BCUT2D eigenvalue weighted by Crippen LogP contribution is 2.35. The normalized spacial score (nSPS) is 20.0. The molecule has 0 spiro atoms. The van der Waals surface area contributed by atoms with Gasteiger partial charge in [-0.05, 0) is 43.2 Å². The Hall–Kier alpha value is -0.960. The quantitative estimate of drug-likeness (QED) is 0.857. The van der Waals surface area contributed by atoms with Gasteiger partial charge in [0, 0.05) is 18.2 Å². The second kappa shape index (κ2) is 5.35. The second-order valence-corrected chi connectivity index (χ2v) is 6.02. The Morgan fingerprint density at radius 1 is 1.17 bits per heavy atom. The maximum Gasteiger partial charge on any atom is 0.130 e. The van der Waals surface area contributed by atoms with Gasteiger partial charge in [-0.3, -0.25) is 0 Å². The SMILES string of the molecule is CC1(C)CCC(NCc2c(F)cccc2F)CC1. The van der Waals surface area contributed by atoms with Crippen molar-refractivity contribution in [2.45, 2.75) is 52.1 Å². The van der Waals surface area contributed by atoms with E-state index in [1.165, 1.54) is 31.0 Å². The van der Waals surface area contributed by atoms with E-state index in [0.29, 0.717) is 11.5 Å². The lowest BCUT2D eigenvalue weighted by atomic mass is 9.75. The Bertz CT molecular complexity index is 385. The number of nitrogens with one attached hydrogen (secondary N) is 1. The number of halogens is 2. The van der Waals surface area contributed by atoms with Crippen LogP contribution in [-0.4, -0.2) is 6.04 Å². The monoisotopic (exact) mass is 253 g/mol. The second-order valence-electron chi connectivity index (χ2n) is 6.02. The van der Waals surface area contributed by atoms with Crippen molar-refractivity contribution in [3.05, 3.63) is 35.4 Å². The van der Waals surface area contributed by atoms with Gasteiger partial charge in [0.1, 0.15) is 11.6 Å². The van der Waals surface area contributed by atoms with Crippen LogP contribution >= 0.6 is 0 Å².